The molecule has 1 N–H and O–H groups in total. The van der Waals surface area contributed by atoms with E-state index in [9.17, 15) is 9.90 Å². The lowest BCUT2D eigenvalue weighted by molar-refractivity contribution is 0.476. The van der Waals surface area contributed by atoms with E-state index in [-0.39, 0.29) is 11.3 Å². The summed E-state index contributed by atoms with van der Waals surface area (Å²) < 4.78 is 1.70. The van der Waals surface area contributed by atoms with Crippen molar-refractivity contribution in [3.05, 3.63) is 34.4 Å². The van der Waals surface area contributed by atoms with Crippen LogP contribution in [0.1, 0.15) is 12.2 Å². The third-order valence-electron chi connectivity index (χ3n) is 2.80. The van der Waals surface area contributed by atoms with Crippen LogP contribution in [0.15, 0.2) is 23.0 Å². The Morgan fingerprint density at radius 3 is 3.13 bits per heavy atom. The summed E-state index contributed by atoms with van der Waals surface area (Å²) in [6.45, 7) is 0.743. The molecule has 0 unspecified atom stereocenters. The molecule has 2 aromatic rings. The largest absolute Gasteiger partial charge is 0.508 e. The molecule has 0 spiro atoms. The molecule has 0 bridgehead atoms. The van der Waals surface area contributed by atoms with Crippen molar-refractivity contribution in [2.75, 3.05) is 0 Å². The fourth-order valence-electron chi connectivity index (χ4n) is 2.07. The third-order valence-corrected chi connectivity index (χ3v) is 2.80. The summed E-state index contributed by atoms with van der Waals surface area (Å²) in [5.41, 5.74) is 0.634. The van der Waals surface area contributed by atoms with Crippen LogP contribution in [0.3, 0.4) is 0 Å². The number of hydrogen-bond acceptors (Lipinski definition) is 3. The van der Waals surface area contributed by atoms with Gasteiger partial charge in [0.2, 0.25) is 0 Å². The Bertz CT molecular complexity index is 601. The van der Waals surface area contributed by atoms with Crippen LogP contribution in [0.4, 0.5) is 0 Å². The van der Waals surface area contributed by atoms with Gasteiger partial charge in [-0.3, -0.25) is 9.36 Å². The Morgan fingerprint density at radius 1 is 1.40 bits per heavy atom. The highest BCUT2D eigenvalue weighted by atomic mass is 16.3. The lowest BCUT2D eigenvalue weighted by Crippen LogP contribution is -2.20. The van der Waals surface area contributed by atoms with E-state index >= 15 is 0 Å². The van der Waals surface area contributed by atoms with Crippen LogP contribution in [-0.4, -0.2) is 14.7 Å². The lowest BCUT2D eigenvalue weighted by Gasteiger charge is -2.04. The first-order valence-corrected chi connectivity index (χ1v) is 4.98. The Kier molecular flexibility index (Phi) is 1.59. The van der Waals surface area contributed by atoms with E-state index in [2.05, 4.69) is 4.98 Å². The zero-order chi connectivity index (χ0) is 10.4. The molecule has 1 aromatic heterocycles. The molecule has 0 fully saturated rings. The Labute approximate surface area is 85.8 Å². The second kappa shape index (κ2) is 2.82. The standard InChI is InChI=1S/C11H10N2O2/c14-7-3-4-9-8(6-7)11(15)13-5-1-2-10(13)12-9/h3-4,6,14H,1-2,5H2. The second-order valence-corrected chi connectivity index (χ2v) is 3.79. The van der Waals surface area contributed by atoms with E-state index in [0.29, 0.717) is 10.9 Å². The van der Waals surface area contributed by atoms with Crippen LogP contribution >= 0.6 is 0 Å². The predicted octanol–water partition coefficient (Wildman–Crippen LogP) is 1.05. The first-order chi connectivity index (χ1) is 7.25. The number of fused-ring (bicyclic) bond motifs is 2. The predicted molar refractivity (Wildman–Crippen MR) is 56.0 cm³/mol. The number of nitrogens with zero attached hydrogens (tertiary/aromatic N) is 2. The smallest absolute Gasteiger partial charge is 0.261 e. The van der Waals surface area contributed by atoms with E-state index < -0.39 is 0 Å². The van der Waals surface area contributed by atoms with E-state index in [1.54, 1.807) is 16.7 Å². The maximum Gasteiger partial charge on any atom is 0.261 e. The number of benzene rings is 1. The van der Waals surface area contributed by atoms with E-state index in [4.69, 9.17) is 0 Å². The molecule has 0 atom stereocenters. The van der Waals surface area contributed by atoms with Crippen LogP contribution in [0.25, 0.3) is 10.9 Å². The minimum atomic E-state index is -0.0385. The van der Waals surface area contributed by atoms with Crippen molar-refractivity contribution < 1.29 is 5.11 Å². The summed E-state index contributed by atoms with van der Waals surface area (Å²) in [6, 6.07) is 4.72. The first kappa shape index (κ1) is 8.47. The molecule has 4 nitrogen and oxygen atoms in total. The third kappa shape index (κ3) is 1.14. The SMILES string of the molecule is O=c1c2cc(O)ccc2nc2n1CCC2. The molecule has 3 rings (SSSR count). The van der Waals surface area contributed by atoms with Gasteiger partial charge in [-0.15, -0.1) is 0 Å². The summed E-state index contributed by atoms with van der Waals surface area (Å²) >= 11 is 0. The summed E-state index contributed by atoms with van der Waals surface area (Å²) in [4.78, 5) is 16.4. The van der Waals surface area contributed by atoms with E-state index in [1.165, 1.54) is 6.07 Å². The number of phenolic OH excluding ortho intramolecular Hbond substituents is 1. The molecule has 0 aliphatic carbocycles. The zero-order valence-corrected chi connectivity index (χ0v) is 8.10. The summed E-state index contributed by atoms with van der Waals surface area (Å²) in [5.74, 6) is 0.970. The van der Waals surface area contributed by atoms with Gasteiger partial charge in [0.1, 0.15) is 11.6 Å². The first-order valence-electron chi connectivity index (χ1n) is 4.98. The zero-order valence-electron chi connectivity index (χ0n) is 8.10. The Balaban J connectivity index is 2.47. The van der Waals surface area contributed by atoms with Crippen molar-refractivity contribution in [1.82, 2.24) is 9.55 Å². The van der Waals surface area contributed by atoms with Gasteiger partial charge < -0.3 is 5.11 Å². The topological polar surface area (TPSA) is 55.1 Å². The highest BCUT2D eigenvalue weighted by Gasteiger charge is 2.15. The number of hydrogen-bond donors (Lipinski definition) is 1. The van der Waals surface area contributed by atoms with Crippen LogP contribution in [-0.2, 0) is 13.0 Å². The maximum absolute atomic E-state index is 12.0. The summed E-state index contributed by atoms with van der Waals surface area (Å²) in [6.07, 6.45) is 1.84. The number of aromatic nitrogens is 2. The van der Waals surface area contributed by atoms with Crippen molar-refractivity contribution in [3.63, 3.8) is 0 Å². The van der Waals surface area contributed by atoms with Crippen LogP contribution in [0.2, 0.25) is 0 Å². The van der Waals surface area contributed by atoms with Crippen molar-refractivity contribution in [2.45, 2.75) is 19.4 Å². The molecule has 1 aromatic carbocycles. The van der Waals surface area contributed by atoms with Gasteiger partial charge in [-0.1, -0.05) is 0 Å². The number of aromatic hydroxyl groups is 1. The minimum absolute atomic E-state index is 0.0385. The Hall–Kier alpha value is -1.84. The number of rotatable bonds is 0. The monoisotopic (exact) mass is 202 g/mol. The molecule has 0 saturated heterocycles. The molecule has 76 valence electrons. The molecule has 4 heteroatoms. The molecule has 0 amide bonds. The summed E-state index contributed by atoms with van der Waals surface area (Å²) in [5, 5.41) is 9.83. The summed E-state index contributed by atoms with van der Waals surface area (Å²) in [7, 11) is 0. The Morgan fingerprint density at radius 2 is 2.27 bits per heavy atom. The molecular formula is C11H10N2O2. The minimum Gasteiger partial charge on any atom is -0.508 e. The highest BCUT2D eigenvalue weighted by Crippen LogP contribution is 2.18. The van der Waals surface area contributed by atoms with Crippen LogP contribution in [0, 0.1) is 0 Å². The molecule has 1 aliphatic rings. The van der Waals surface area contributed by atoms with Crippen molar-refractivity contribution >= 4 is 10.9 Å². The van der Waals surface area contributed by atoms with Gasteiger partial charge in [-0.25, -0.2) is 4.98 Å². The van der Waals surface area contributed by atoms with Gasteiger partial charge in [0.05, 0.1) is 10.9 Å². The molecular weight excluding hydrogens is 192 g/mol. The van der Waals surface area contributed by atoms with E-state index in [0.717, 1.165) is 25.2 Å². The number of phenols is 1. The van der Waals surface area contributed by atoms with Gasteiger partial charge in [0.15, 0.2) is 0 Å². The van der Waals surface area contributed by atoms with Gasteiger partial charge in [0, 0.05) is 13.0 Å². The van der Waals surface area contributed by atoms with Gasteiger partial charge in [-0.05, 0) is 24.6 Å². The fourth-order valence-corrected chi connectivity index (χ4v) is 2.07. The normalized spacial score (nSPS) is 14.4. The van der Waals surface area contributed by atoms with Gasteiger partial charge in [0.25, 0.3) is 5.56 Å². The van der Waals surface area contributed by atoms with Crippen molar-refractivity contribution in [1.29, 1.82) is 0 Å². The molecule has 0 radical (unpaired) electrons. The average Bonchev–Trinajstić information content (AvgIpc) is 2.68. The molecule has 1 aliphatic heterocycles. The molecule has 0 saturated carbocycles. The molecule has 15 heavy (non-hydrogen) atoms. The van der Waals surface area contributed by atoms with Crippen molar-refractivity contribution in [3.8, 4) is 5.75 Å². The van der Waals surface area contributed by atoms with E-state index in [1.807, 2.05) is 0 Å². The maximum atomic E-state index is 12.0. The van der Waals surface area contributed by atoms with Gasteiger partial charge in [-0.2, -0.15) is 0 Å². The van der Waals surface area contributed by atoms with Crippen LogP contribution < -0.4 is 5.56 Å². The molecule has 2 heterocycles. The second-order valence-electron chi connectivity index (χ2n) is 3.79. The fraction of sp³-hybridized carbons (Fsp3) is 0.273. The number of aryl methyl sites for hydroxylation is 1. The average molecular weight is 202 g/mol. The highest BCUT2D eigenvalue weighted by molar-refractivity contribution is 5.79. The lowest BCUT2D eigenvalue weighted by atomic mass is 10.2. The quantitative estimate of drug-likeness (QED) is 0.694. The van der Waals surface area contributed by atoms with Gasteiger partial charge >= 0.3 is 0 Å². The van der Waals surface area contributed by atoms with Crippen molar-refractivity contribution in [2.24, 2.45) is 0 Å². The van der Waals surface area contributed by atoms with Crippen LogP contribution in [0.5, 0.6) is 5.75 Å².